The molecule has 0 amide bonds. The van der Waals surface area contributed by atoms with Crippen molar-refractivity contribution >= 4 is 31.8 Å². The first kappa shape index (κ1) is 10.9. The third-order valence-corrected chi connectivity index (χ3v) is 4.22. The summed E-state index contributed by atoms with van der Waals surface area (Å²) in [4.78, 5) is 3.95. The summed E-state index contributed by atoms with van der Waals surface area (Å²) in [5, 5.41) is 0. The summed E-state index contributed by atoms with van der Waals surface area (Å²) in [6.45, 7) is 0. The van der Waals surface area contributed by atoms with E-state index in [9.17, 15) is 8.42 Å². The molecular formula is C9H11BrN2O2S. The summed E-state index contributed by atoms with van der Waals surface area (Å²) in [5.41, 5.74) is 0. The Morgan fingerprint density at radius 2 is 2.27 bits per heavy atom. The van der Waals surface area contributed by atoms with Gasteiger partial charge in [0, 0.05) is 6.20 Å². The Kier molecular flexibility index (Phi) is 2.97. The molecule has 0 aliphatic heterocycles. The Hall–Kier alpha value is -0.620. The number of halogens is 1. The maximum Gasteiger partial charge on any atom is 0.234 e. The lowest BCUT2D eigenvalue weighted by Gasteiger charge is -2.07. The van der Waals surface area contributed by atoms with Crippen molar-refractivity contribution in [3.8, 4) is 0 Å². The zero-order valence-electron chi connectivity index (χ0n) is 7.98. The molecule has 1 aliphatic rings. The number of rotatable bonds is 4. The maximum absolute atomic E-state index is 11.6. The second-order valence-corrected chi connectivity index (χ2v) is 6.28. The number of sulfonamides is 1. The van der Waals surface area contributed by atoms with Crippen molar-refractivity contribution in [3.05, 3.63) is 22.8 Å². The van der Waals surface area contributed by atoms with Crippen molar-refractivity contribution in [1.29, 1.82) is 0 Å². The van der Waals surface area contributed by atoms with Crippen LogP contribution in [-0.2, 0) is 10.0 Å². The van der Waals surface area contributed by atoms with Gasteiger partial charge in [0.15, 0.2) is 5.82 Å². The van der Waals surface area contributed by atoms with Gasteiger partial charge >= 0.3 is 0 Å². The third kappa shape index (κ3) is 3.17. The van der Waals surface area contributed by atoms with Crippen LogP contribution >= 0.6 is 15.9 Å². The van der Waals surface area contributed by atoms with Gasteiger partial charge in [-0.05, 0) is 46.8 Å². The number of hydrogen-bond acceptors (Lipinski definition) is 3. The van der Waals surface area contributed by atoms with Crippen molar-refractivity contribution in [3.63, 3.8) is 0 Å². The Labute approximate surface area is 97.3 Å². The number of pyridine rings is 1. The van der Waals surface area contributed by atoms with Gasteiger partial charge in [0.1, 0.15) is 0 Å². The van der Waals surface area contributed by atoms with E-state index >= 15 is 0 Å². The molecule has 2 rings (SSSR count). The van der Waals surface area contributed by atoms with E-state index in [1.807, 2.05) is 0 Å². The predicted octanol–water partition coefficient (Wildman–Crippen LogP) is 2.00. The van der Waals surface area contributed by atoms with Crippen LogP contribution in [0.15, 0.2) is 22.8 Å². The standard InChI is InChI=1S/C9H11BrN2O2S/c10-8-2-1-5-11-9(8)12-15(13,14)6-7-3-4-7/h1-2,5,7H,3-4,6H2,(H,11,12). The first-order valence-corrected chi connectivity index (χ1v) is 7.12. The van der Waals surface area contributed by atoms with Crippen LogP contribution < -0.4 is 4.72 Å². The monoisotopic (exact) mass is 290 g/mol. The highest BCUT2D eigenvalue weighted by molar-refractivity contribution is 9.10. The van der Waals surface area contributed by atoms with Crippen LogP contribution in [0.4, 0.5) is 5.82 Å². The SMILES string of the molecule is O=S(=O)(CC1CC1)Nc1ncccc1Br. The van der Waals surface area contributed by atoms with Crippen LogP contribution in [0.3, 0.4) is 0 Å². The van der Waals surface area contributed by atoms with E-state index in [2.05, 4.69) is 25.6 Å². The summed E-state index contributed by atoms with van der Waals surface area (Å²) >= 11 is 3.24. The third-order valence-electron chi connectivity index (χ3n) is 2.16. The number of hydrogen-bond donors (Lipinski definition) is 1. The lowest BCUT2D eigenvalue weighted by molar-refractivity contribution is 0.597. The quantitative estimate of drug-likeness (QED) is 0.923. The van der Waals surface area contributed by atoms with Gasteiger partial charge in [0.2, 0.25) is 10.0 Å². The molecule has 0 bridgehead atoms. The Morgan fingerprint density at radius 3 is 2.87 bits per heavy atom. The number of nitrogens with zero attached hydrogens (tertiary/aromatic N) is 1. The second-order valence-electron chi connectivity index (χ2n) is 3.66. The lowest BCUT2D eigenvalue weighted by Crippen LogP contribution is -2.18. The molecule has 82 valence electrons. The number of anilines is 1. The van der Waals surface area contributed by atoms with Gasteiger partial charge in [-0.1, -0.05) is 0 Å². The molecule has 1 N–H and O–H groups in total. The van der Waals surface area contributed by atoms with Crippen molar-refractivity contribution < 1.29 is 8.42 Å². The average molecular weight is 291 g/mol. The molecule has 1 saturated carbocycles. The lowest BCUT2D eigenvalue weighted by atomic mass is 10.5. The first-order valence-electron chi connectivity index (χ1n) is 4.68. The summed E-state index contributed by atoms with van der Waals surface area (Å²) in [6, 6.07) is 3.49. The van der Waals surface area contributed by atoms with E-state index in [0.717, 1.165) is 12.8 Å². The molecule has 1 aliphatic carbocycles. The maximum atomic E-state index is 11.6. The van der Waals surface area contributed by atoms with E-state index in [0.29, 0.717) is 16.2 Å². The molecule has 0 saturated heterocycles. The van der Waals surface area contributed by atoms with Gasteiger partial charge in [0.25, 0.3) is 0 Å². The van der Waals surface area contributed by atoms with E-state index in [1.165, 1.54) is 0 Å². The van der Waals surface area contributed by atoms with Crippen molar-refractivity contribution in [2.24, 2.45) is 5.92 Å². The average Bonchev–Trinajstić information content (AvgIpc) is 2.91. The van der Waals surface area contributed by atoms with Crippen molar-refractivity contribution in [1.82, 2.24) is 4.98 Å². The molecule has 15 heavy (non-hydrogen) atoms. The van der Waals surface area contributed by atoms with E-state index < -0.39 is 10.0 Å². The largest absolute Gasteiger partial charge is 0.266 e. The zero-order chi connectivity index (χ0) is 10.9. The van der Waals surface area contributed by atoms with Gasteiger partial charge < -0.3 is 0 Å². The predicted molar refractivity (Wildman–Crippen MR) is 62.1 cm³/mol. The van der Waals surface area contributed by atoms with Crippen LogP contribution in [-0.4, -0.2) is 19.2 Å². The second kappa shape index (κ2) is 4.09. The zero-order valence-corrected chi connectivity index (χ0v) is 10.4. The minimum absolute atomic E-state index is 0.204. The summed E-state index contributed by atoms with van der Waals surface area (Å²) < 4.78 is 26.4. The molecule has 0 spiro atoms. The first-order chi connectivity index (χ1) is 7.07. The van der Waals surface area contributed by atoms with Crippen molar-refractivity contribution in [2.45, 2.75) is 12.8 Å². The minimum atomic E-state index is -3.24. The molecule has 1 heterocycles. The Morgan fingerprint density at radius 1 is 1.53 bits per heavy atom. The van der Waals surface area contributed by atoms with Crippen molar-refractivity contribution in [2.75, 3.05) is 10.5 Å². The van der Waals surface area contributed by atoms with Gasteiger partial charge in [0.05, 0.1) is 10.2 Å². The molecule has 0 radical (unpaired) electrons. The normalized spacial score (nSPS) is 16.3. The highest BCUT2D eigenvalue weighted by Gasteiger charge is 2.28. The van der Waals surface area contributed by atoms with E-state index in [-0.39, 0.29) is 5.75 Å². The summed E-state index contributed by atoms with van der Waals surface area (Å²) in [5.74, 6) is 0.902. The van der Waals surface area contributed by atoms with E-state index in [4.69, 9.17) is 0 Å². The fraction of sp³-hybridized carbons (Fsp3) is 0.444. The Balaban J connectivity index is 2.10. The van der Waals surface area contributed by atoms with Crippen LogP contribution in [0.2, 0.25) is 0 Å². The van der Waals surface area contributed by atoms with Crippen LogP contribution in [0.25, 0.3) is 0 Å². The molecule has 1 aromatic heterocycles. The van der Waals surface area contributed by atoms with Crippen LogP contribution in [0.5, 0.6) is 0 Å². The number of nitrogens with one attached hydrogen (secondary N) is 1. The smallest absolute Gasteiger partial charge is 0.234 e. The molecule has 1 fully saturated rings. The molecule has 6 heteroatoms. The molecular weight excluding hydrogens is 280 g/mol. The highest BCUT2D eigenvalue weighted by Crippen LogP contribution is 2.31. The van der Waals surface area contributed by atoms with Crippen LogP contribution in [0.1, 0.15) is 12.8 Å². The molecule has 0 aromatic carbocycles. The summed E-state index contributed by atoms with van der Waals surface area (Å²) in [7, 11) is -3.24. The van der Waals surface area contributed by atoms with Gasteiger partial charge in [-0.15, -0.1) is 0 Å². The van der Waals surface area contributed by atoms with Crippen LogP contribution in [0, 0.1) is 5.92 Å². The Bertz CT molecular complexity index is 457. The highest BCUT2D eigenvalue weighted by atomic mass is 79.9. The summed E-state index contributed by atoms with van der Waals surface area (Å²) in [6.07, 6.45) is 3.59. The van der Waals surface area contributed by atoms with Gasteiger partial charge in [-0.3, -0.25) is 4.72 Å². The molecule has 0 atom stereocenters. The number of aromatic nitrogens is 1. The fourth-order valence-corrected chi connectivity index (χ4v) is 3.22. The van der Waals surface area contributed by atoms with Gasteiger partial charge in [-0.25, -0.2) is 13.4 Å². The topological polar surface area (TPSA) is 59.1 Å². The van der Waals surface area contributed by atoms with Gasteiger partial charge in [-0.2, -0.15) is 0 Å². The molecule has 4 nitrogen and oxygen atoms in total. The minimum Gasteiger partial charge on any atom is -0.266 e. The van der Waals surface area contributed by atoms with E-state index in [1.54, 1.807) is 18.3 Å². The molecule has 0 unspecified atom stereocenters. The molecule has 1 aromatic rings. The fourth-order valence-electron chi connectivity index (χ4n) is 1.24.